The van der Waals surface area contributed by atoms with Crippen molar-refractivity contribution in [1.82, 2.24) is 4.90 Å². The van der Waals surface area contributed by atoms with Crippen LogP contribution in [0.2, 0.25) is 0 Å². The maximum Gasteiger partial charge on any atom is 0.262 e. The molecule has 150 valence electrons. The van der Waals surface area contributed by atoms with Crippen LogP contribution in [0, 0.1) is 0 Å². The summed E-state index contributed by atoms with van der Waals surface area (Å²) in [6.07, 6.45) is 1.46. The van der Waals surface area contributed by atoms with E-state index in [9.17, 15) is 14.4 Å². The molecule has 0 aromatic heterocycles. The number of hydrogen-bond acceptors (Lipinski definition) is 5. The van der Waals surface area contributed by atoms with Gasteiger partial charge in [0.05, 0.1) is 18.4 Å². The molecule has 2 aromatic carbocycles. The minimum absolute atomic E-state index is 0.170. The topological polar surface area (TPSA) is 97.0 Å². The largest absolute Gasteiger partial charge is 0.493 e. The van der Waals surface area contributed by atoms with E-state index in [1.807, 2.05) is 6.07 Å². The maximum absolute atomic E-state index is 12.9. The lowest BCUT2D eigenvalue weighted by molar-refractivity contribution is -0.119. The molecule has 4 rings (SSSR count). The van der Waals surface area contributed by atoms with Crippen molar-refractivity contribution >= 4 is 29.1 Å². The van der Waals surface area contributed by atoms with Gasteiger partial charge >= 0.3 is 0 Å². The predicted octanol–water partition coefficient (Wildman–Crippen LogP) is 2.27. The van der Waals surface area contributed by atoms with Gasteiger partial charge in [-0.15, -0.1) is 0 Å². The van der Waals surface area contributed by atoms with Gasteiger partial charge in [-0.1, -0.05) is 12.1 Å². The number of carbonyl (C=O) groups excluding carboxylic acids is 3. The second-order valence-electron chi connectivity index (χ2n) is 6.89. The van der Waals surface area contributed by atoms with E-state index in [2.05, 4.69) is 10.6 Å². The molecule has 0 radical (unpaired) electrons. The average molecular weight is 395 g/mol. The monoisotopic (exact) mass is 395 g/mol. The van der Waals surface area contributed by atoms with Crippen LogP contribution in [-0.4, -0.2) is 48.9 Å². The number of para-hydroxylation sites is 2. The first-order valence-electron chi connectivity index (χ1n) is 9.38. The molecule has 2 N–H and O–H groups in total. The quantitative estimate of drug-likeness (QED) is 0.810. The molecule has 0 bridgehead atoms. The van der Waals surface area contributed by atoms with Crippen LogP contribution in [0.4, 0.5) is 11.4 Å². The van der Waals surface area contributed by atoms with Crippen LogP contribution >= 0.6 is 0 Å². The normalized spacial score (nSPS) is 17.7. The van der Waals surface area contributed by atoms with Crippen molar-refractivity contribution in [2.45, 2.75) is 18.9 Å². The molecule has 29 heavy (non-hydrogen) atoms. The minimum atomic E-state index is -0.429. The van der Waals surface area contributed by atoms with E-state index in [0.717, 1.165) is 6.42 Å². The van der Waals surface area contributed by atoms with Crippen molar-refractivity contribution in [1.29, 1.82) is 0 Å². The molecule has 2 aromatic rings. The van der Waals surface area contributed by atoms with Gasteiger partial charge in [0.15, 0.2) is 18.1 Å². The number of nitrogens with one attached hydrogen (secondary N) is 2. The van der Waals surface area contributed by atoms with Gasteiger partial charge in [-0.05, 0) is 43.2 Å². The Hall–Kier alpha value is -3.55. The van der Waals surface area contributed by atoms with Crippen molar-refractivity contribution < 1.29 is 23.9 Å². The van der Waals surface area contributed by atoms with E-state index in [-0.39, 0.29) is 24.3 Å². The second-order valence-corrected chi connectivity index (χ2v) is 6.89. The van der Waals surface area contributed by atoms with Crippen LogP contribution in [0.1, 0.15) is 23.2 Å². The van der Waals surface area contributed by atoms with Gasteiger partial charge < -0.3 is 25.0 Å². The summed E-state index contributed by atoms with van der Waals surface area (Å²) in [6, 6.07) is 11.5. The number of fused-ring (bicyclic) bond motifs is 2. The van der Waals surface area contributed by atoms with Gasteiger partial charge in [0, 0.05) is 12.2 Å². The number of anilines is 2. The second kappa shape index (κ2) is 7.83. The Kier molecular flexibility index (Phi) is 5.07. The first-order chi connectivity index (χ1) is 14.1. The summed E-state index contributed by atoms with van der Waals surface area (Å²) in [5.41, 5.74) is 1.28. The Morgan fingerprint density at radius 3 is 2.79 bits per heavy atom. The smallest absolute Gasteiger partial charge is 0.262 e. The lowest BCUT2D eigenvalue weighted by atomic mass is 10.1. The van der Waals surface area contributed by atoms with Gasteiger partial charge in [-0.2, -0.15) is 0 Å². The lowest BCUT2D eigenvalue weighted by Crippen LogP contribution is -2.40. The third kappa shape index (κ3) is 3.73. The number of ether oxygens (including phenoxy) is 2. The van der Waals surface area contributed by atoms with Crippen LogP contribution < -0.4 is 20.1 Å². The summed E-state index contributed by atoms with van der Waals surface area (Å²) < 4.78 is 10.7. The van der Waals surface area contributed by atoms with E-state index in [1.165, 1.54) is 7.11 Å². The SMILES string of the molecule is COc1ccccc1OCC(=O)Nc1ccc2c(c1)C(=O)N1CCC[C@H]1C(=O)N2. The van der Waals surface area contributed by atoms with Crippen molar-refractivity contribution in [3.05, 3.63) is 48.0 Å². The number of methoxy groups -OCH3 is 1. The Bertz CT molecular complexity index is 975. The molecule has 2 heterocycles. The average Bonchev–Trinajstić information content (AvgIpc) is 3.20. The van der Waals surface area contributed by atoms with Crippen molar-refractivity contribution in [3.8, 4) is 11.5 Å². The molecule has 2 aliphatic rings. The van der Waals surface area contributed by atoms with Gasteiger partial charge in [-0.3, -0.25) is 14.4 Å². The number of hydrogen-bond donors (Lipinski definition) is 2. The number of carbonyl (C=O) groups is 3. The highest BCUT2D eigenvalue weighted by Gasteiger charge is 2.38. The number of amides is 3. The fourth-order valence-corrected chi connectivity index (χ4v) is 3.64. The van der Waals surface area contributed by atoms with Gasteiger partial charge in [0.2, 0.25) is 5.91 Å². The van der Waals surface area contributed by atoms with E-state index in [0.29, 0.717) is 41.4 Å². The Balaban J connectivity index is 1.46. The first kappa shape index (κ1) is 18.8. The molecule has 2 aliphatic heterocycles. The highest BCUT2D eigenvalue weighted by molar-refractivity contribution is 6.11. The van der Waals surface area contributed by atoms with E-state index in [1.54, 1.807) is 41.3 Å². The summed E-state index contributed by atoms with van der Waals surface area (Å²) >= 11 is 0. The van der Waals surface area contributed by atoms with Crippen LogP contribution in [0.25, 0.3) is 0 Å². The van der Waals surface area contributed by atoms with E-state index >= 15 is 0 Å². The summed E-state index contributed by atoms with van der Waals surface area (Å²) in [5, 5.41) is 5.53. The summed E-state index contributed by atoms with van der Waals surface area (Å²) in [5.74, 6) is 0.246. The van der Waals surface area contributed by atoms with Crippen molar-refractivity contribution in [2.75, 3.05) is 30.9 Å². The molecule has 8 heteroatoms. The molecule has 1 fully saturated rings. The van der Waals surface area contributed by atoms with Crippen LogP contribution in [0.15, 0.2) is 42.5 Å². The summed E-state index contributed by atoms with van der Waals surface area (Å²) in [6.45, 7) is 0.343. The molecule has 0 saturated carbocycles. The van der Waals surface area contributed by atoms with Gasteiger partial charge in [0.25, 0.3) is 11.8 Å². The summed E-state index contributed by atoms with van der Waals surface area (Å²) in [7, 11) is 1.53. The molecular weight excluding hydrogens is 374 g/mol. The first-order valence-corrected chi connectivity index (χ1v) is 9.38. The molecule has 0 aliphatic carbocycles. The van der Waals surface area contributed by atoms with Crippen molar-refractivity contribution in [3.63, 3.8) is 0 Å². The molecule has 0 spiro atoms. The van der Waals surface area contributed by atoms with Crippen LogP contribution in [0.3, 0.4) is 0 Å². The zero-order valence-electron chi connectivity index (χ0n) is 15.9. The lowest BCUT2D eigenvalue weighted by Gasteiger charge is -2.20. The zero-order valence-corrected chi connectivity index (χ0v) is 15.9. The molecule has 1 saturated heterocycles. The fourth-order valence-electron chi connectivity index (χ4n) is 3.64. The van der Waals surface area contributed by atoms with E-state index in [4.69, 9.17) is 9.47 Å². The standard InChI is InChI=1S/C21H21N3O5/c1-28-17-6-2-3-7-18(17)29-12-19(25)22-13-8-9-15-14(11-13)21(27)24-10-4-5-16(24)20(26)23-15/h2-3,6-9,11,16H,4-5,10,12H2,1H3,(H,22,25)(H,23,26)/t16-/m0/s1. The number of nitrogens with zero attached hydrogens (tertiary/aromatic N) is 1. The molecule has 8 nitrogen and oxygen atoms in total. The van der Waals surface area contributed by atoms with Gasteiger partial charge in [-0.25, -0.2) is 0 Å². The maximum atomic E-state index is 12.9. The highest BCUT2D eigenvalue weighted by atomic mass is 16.5. The summed E-state index contributed by atoms with van der Waals surface area (Å²) in [4.78, 5) is 39.1. The van der Waals surface area contributed by atoms with E-state index < -0.39 is 6.04 Å². The van der Waals surface area contributed by atoms with Crippen LogP contribution in [0.5, 0.6) is 11.5 Å². The number of benzene rings is 2. The number of rotatable bonds is 5. The van der Waals surface area contributed by atoms with Gasteiger partial charge in [0.1, 0.15) is 6.04 Å². The Labute approximate surface area is 167 Å². The minimum Gasteiger partial charge on any atom is -0.493 e. The van der Waals surface area contributed by atoms with Crippen molar-refractivity contribution in [2.24, 2.45) is 0 Å². The molecule has 3 amide bonds. The Morgan fingerprint density at radius 2 is 2.00 bits per heavy atom. The predicted molar refractivity (Wildman–Crippen MR) is 106 cm³/mol. The fraction of sp³-hybridized carbons (Fsp3) is 0.286. The highest BCUT2D eigenvalue weighted by Crippen LogP contribution is 2.30. The Morgan fingerprint density at radius 1 is 1.21 bits per heavy atom. The third-order valence-electron chi connectivity index (χ3n) is 5.04. The third-order valence-corrected chi connectivity index (χ3v) is 5.04. The zero-order chi connectivity index (χ0) is 20.4. The molecule has 1 atom stereocenters. The van der Waals surface area contributed by atoms with Crippen LogP contribution in [-0.2, 0) is 9.59 Å². The molecular formula is C21H21N3O5. The molecule has 0 unspecified atom stereocenters.